The van der Waals surface area contributed by atoms with Crippen molar-refractivity contribution in [2.24, 2.45) is 0 Å². The highest BCUT2D eigenvalue weighted by Gasteiger charge is 2.02. The Bertz CT molecular complexity index is 462. The summed E-state index contributed by atoms with van der Waals surface area (Å²) < 4.78 is 0.984. The number of anilines is 2. The molecule has 0 spiro atoms. The SMILES string of the molecule is Nc1ncc2ccc(Br)cc2c1N. The smallest absolute Gasteiger partial charge is 0.147 e. The molecule has 0 atom stereocenters. The largest absolute Gasteiger partial charge is 0.395 e. The summed E-state index contributed by atoms with van der Waals surface area (Å²) in [5.41, 5.74) is 11.9. The third kappa shape index (κ3) is 1.33. The first-order chi connectivity index (χ1) is 6.18. The maximum absolute atomic E-state index is 5.78. The van der Waals surface area contributed by atoms with Gasteiger partial charge in [-0.2, -0.15) is 0 Å². The lowest BCUT2D eigenvalue weighted by atomic mass is 10.1. The number of benzene rings is 1. The number of hydrogen-bond donors (Lipinski definition) is 2. The van der Waals surface area contributed by atoms with E-state index in [2.05, 4.69) is 20.9 Å². The fourth-order valence-electron chi connectivity index (χ4n) is 1.22. The predicted molar refractivity (Wildman–Crippen MR) is 58.3 cm³/mol. The second kappa shape index (κ2) is 2.88. The molecule has 2 aromatic rings. The summed E-state index contributed by atoms with van der Waals surface area (Å²) in [7, 11) is 0. The fraction of sp³-hybridized carbons (Fsp3) is 0. The number of nitrogens with zero attached hydrogens (tertiary/aromatic N) is 1. The molecule has 0 radical (unpaired) electrons. The zero-order valence-electron chi connectivity index (χ0n) is 6.79. The number of aromatic nitrogens is 1. The lowest BCUT2D eigenvalue weighted by Gasteiger charge is -2.04. The Balaban J connectivity index is 2.89. The molecular weight excluding hydrogens is 230 g/mol. The van der Waals surface area contributed by atoms with E-state index in [1.807, 2.05) is 18.2 Å². The number of nitrogens with two attached hydrogens (primary N) is 2. The average Bonchev–Trinajstić information content (AvgIpc) is 2.12. The van der Waals surface area contributed by atoms with E-state index in [0.29, 0.717) is 11.5 Å². The van der Waals surface area contributed by atoms with Gasteiger partial charge in [0.2, 0.25) is 0 Å². The summed E-state index contributed by atoms with van der Waals surface area (Å²) in [4.78, 5) is 3.97. The van der Waals surface area contributed by atoms with E-state index in [1.54, 1.807) is 6.20 Å². The maximum Gasteiger partial charge on any atom is 0.147 e. The molecular formula is C9H8BrN3. The number of rotatable bonds is 0. The van der Waals surface area contributed by atoms with Gasteiger partial charge in [-0.15, -0.1) is 0 Å². The summed E-state index contributed by atoms with van der Waals surface area (Å²) in [5.74, 6) is 0.380. The Morgan fingerprint density at radius 3 is 2.77 bits per heavy atom. The minimum atomic E-state index is 0.380. The lowest BCUT2D eigenvalue weighted by molar-refractivity contribution is 1.37. The number of hydrogen-bond acceptors (Lipinski definition) is 3. The van der Waals surface area contributed by atoms with Crippen LogP contribution in [0.2, 0.25) is 0 Å². The van der Waals surface area contributed by atoms with E-state index >= 15 is 0 Å². The third-order valence-electron chi connectivity index (χ3n) is 1.92. The van der Waals surface area contributed by atoms with Gasteiger partial charge in [0.25, 0.3) is 0 Å². The fourth-order valence-corrected chi connectivity index (χ4v) is 1.58. The summed E-state index contributed by atoms with van der Waals surface area (Å²) >= 11 is 3.37. The van der Waals surface area contributed by atoms with Crippen LogP contribution in [0.25, 0.3) is 10.8 Å². The summed E-state index contributed by atoms with van der Waals surface area (Å²) in [6.07, 6.45) is 1.72. The van der Waals surface area contributed by atoms with Gasteiger partial charge in [-0.3, -0.25) is 0 Å². The zero-order valence-corrected chi connectivity index (χ0v) is 8.38. The summed E-state index contributed by atoms with van der Waals surface area (Å²) in [6.45, 7) is 0. The van der Waals surface area contributed by atoms with Crippen LogP contribution in [0.3, 0.4) is 0 Å². The highest BCUT2D eigenvalue weighted by Crippen LogP contribution is 2.26. The second-order valence-corrected chi connectivity index (χ2v) is 3.70. The van der Waals surface area contributed by atoms with Gasteiger partial charge < -0.3 is 11.5 Å². The van der Waals surface area contributed by atoms with Crippen molar-refractivity contribution in [1.29, 1.82) is 0 Å². The molecule has 66 valence electrons. The van der Waals surface area contributed by atoms with Crippen LogP contribution >= 0.6 is 15.9 Å². The number of nitrogen functional groups attached to an aromatic ring is 2. The minimum Gasteiger partial charge on any atom is -0.395 e. The second-order valence-electron chi connectivity index (χ2n) is 2.79. The van der Waals surface area contributed by atoms with E-state index in [0.717, 1.165) is 15.2 Å². The van der Waals surface area contributed by atoms with Crippen LogP contribution in [-0.4, -0.2) is 4.98 Å². The van der Waals surface area contributed by atoms with Gasteiger partial charge in [0.05, 0.1) is 5.69 Å². The van der Waals surface area contributed by atoms with Crippen LogP contribution in [0.15, 0.2) is 28.9 Å². The molecule has 0 aliphatic rings. The van der Waals surface area contributed by atoms with Crippen molar-refractivity contribution in [3.8, 4) is 0 Å². The van der Waals surface area contributed by atoms with Crippen molar-refractivity contribution in [3.63, 3.8) is 0 Å². The van der Waals surface area contributed by atoms with E-state index in [1.165, 1.54) is 0 Å². The molecule has 1 aromatic heterocycles. The van der Waals surface area contributed by atoms with Crippen LogP contribution < -0.4 is 11.5 Å². The van der Waals surface area contributed by atoms with Crippen LogP contribution in [0.1, 0.15) is 0 Å². The van der Waals surface area contributed by atoms with Crippen LogP contribution in [0.5, 0.6) is 0 Å². The molecule has 3 nitrogen and oxygen atoms in total. The zero-order chi connectivity index (χ0) is 9.42. The Labute approximate surface area is 83.9 Å². The average molecular weight is 238 g/mol. The van der Waals surface area contributed by atoms with Gasteiger partial charge in [0.15, 0.2) is 0 Å². The Morgan fingerprint density at radius 2 is 2.00 bits per heavy atom. The van der Waals surface area contributed by atoms with Gasteiger partial charge in [0, 0.05) is 21.4 Å². The molecule has 13 heavy (non-hydrogen) atoms. The Kier molecular flexibility index (Phi) is 1.84. The van der Waals surface area contributed by atoms with E-state index in [4.69, 9.17) is 11.5 Å². The molecule has 0 unspecified atom stereocenters. The molecule has 0 amide bonds. The molecule has 4 heteroatoms. The molecule has 0 aliphatic heterocycles. The van der Waals surface area contributed by atoms with Crippen molar-refractivity contribution < 1.29 is 0 Å². The van der Waals surface area contributed by atoms with Crippen molar-refractivity contribution in [1.82, 2.24) is 4.98 Å². The molecule has 0 aliphatic carbocycles. The molecule has 4 N–H and O–H groups in total. The quantitative estimate of drug-likeness (QED) is 0.739. The van der Waals surface area contributed by atoms with Crippen LogP contribution in [0, 0.1) is 0 Å². The van der Waals surface area contributed by atoms with Crippen molar-refractivity contribution in [2.45, 2.75) is 0 Å². The Hall–Kier alpha value is -1.29. The van der Waals surface area contributed by atoms with Gasteiger partial charge in [0.1, 0.15) is 5.82 Å². The summed E-state index contributed by atoms with van der Waals surface area (Å²) in [5, 5.41) is 1.93. The predicted octanol–water partition coefficient (Wildman–Crippen LogP) is 2.16. The Morgan fingerprint density at radius 1 is 1.23 bits per heavy atom. The molecule has 0 saturated heterocycles. The molecule has 0 fully saturated rings. The van der Waals surface area contributed by atoms with Gasteiger partial charge in [-0.05, 0) is 12.1 Å². The van der Waals surface area contributed by atoms with Crippen LogP contribution in [-0.2, 0) is 0 Å². The molecule has 0 bridgehead atoms. The molecule has 1 aromatic carbocycles. The van der Waals surface area contributed by atoms with Gasteiger partial charge in [-0.1, -0.05) is 22.0 Å². The lowest BCUT2D eigenvalue weighted by Crippen LogP contribution is -1.98. The number of fused-ring (bicyclic) bond motifs is 1. The standard InChI is InChI=1S/C9H8BrN3/c10-6-2-1-5-4-13-9(12)8(11)7(5)3-6/h1-4H,11H2,(H2,12,13). The first kappa shape index (κ1) is 8.31. The van der Waals surface area contributed by atoms with Gasteiger partial charge >= 0.3 is 0 Å². The van der Waals surface area contributed by atoms with Crippen molar-refractivity contribution in [2.75, 3.05) is 11.5 Å². The van der Waals surface area contributed by atoms with Crippen LogP contribution in [0.4, 0.5) is 11.5 Å². The molecule has 0 saturated carbocycles. The minimum absolute atomic E-state index is 0.380. The maximum atomic E-state index is 5.78. The number of halogens is 1. The topological polar surface area (TPSA) is 64.9 Å². The van der Waals surface area contributed by atoms with E-state index in [9.17, 15) is 0 Å². The van der Waals surface area contributed by atoms with Crippen molar-refractivity contribution >= 4 is 38.2 Å². The third-order valence-corrected chi connectivity index (χ3v) is 2.42. The van der Waals surface area contributed by atoms with Gasteiger partial charge in [-0.25, -0.2) is 4.98 Å². The van der Waals surface area contributed by atoms with Crippen molar-refractivity contribution in [3.05, 3.63) is 28.9 Å². The first-order valence-corrected chi connectivity index (χ1v) is 4.57. The highest BCUT2D eigenvalue weighted by atomic mass is 79.9. The highest BCUT2D eigenvalue weighted by molar-refractivity contribution is 9.10. The summed E-state index contributed by atoms with van der Waals surface area (Å²) in [6, 6.07) is 5.82. The molecule has 1 heterocycles. The monoisotopic (exact) mass is 237 g/mol. The normalized spacial score (nSPS) is 10.5. The first-order valence-electron chi connectivity index (χ1n) is 3.77. The number of pyridine rings is 1. The van der Waals surface area contributed by atoms with E-state index in [-0.39, 0.29) is 0 Å². The molecule has 2 rings (SSSR count). The van der Waals surface area contributed by atoms with E-state index < -0.39 is 0 Å².